The molecular formula is C22H22O10. The molecule has 1 saturated heterocycles. The van der Waals surface area contributed by atoms with Gasteiger partial charge in [0.05, 0.1) is 13.2 Å². The Balaban J connectivity index is 1.65. The number of benzene rings is 2. The SMILES string of the molecule is COc1cc(O)c2c(=O)cc(-c3ccc(O[C@@H]4OC(C)[C@H](O)C(O)[C@@H]4O)c(O)c3)oc2c1. The molecule has 3 aromatic rings. The van der Waals surface area contributed by atoms with E-state index in [2.05, 4.69) is 0 Å². The molecule has 5 N–H and O–H groups in total. The first-order chi connectivity index (χ1) is 15.2. The third kappa shape index (κ3) is 3.84. The molecule has 1 aromatic heterocycles. The third-order valence-electron chi connectivity index (χ3n) is 5.31. The summed E-state index contributed by atoms with van der Waals surface area (Å²) in [5.74, 6) is -0.259. The molecule has 2 unspecified atom stereocenters. The van der Waals surface area contributed by atoms with Gasteiger partial charge in [-0.05, 0) is 25.1 Å². The number of fused-ring (bicyclic) bond motifs is 1. The lowest BCUT2D eigenvalue weighted by Crippen LogP contribution is -2.58. The molecule has 10 heteroatoms. The number of aliphatic hydroxyl groups is 3. The molecule has 2 aromatic carbocycles. The Morgan fingerprint density at radius 2 is 1.69 bits per heavy atom. The van der Waals surface area contributed by atoms with Gasteiger partial charge in [-0.1, -0.05) is 0 Å². The number of methoxy groups -OCH3 is 1. The largest absolute Gasteiger partial charge is 0.507 e. The zero-order valence-corrected chi connectivity index (χ0v) is 17.1. The quantitative estimate of drug-likeness (QED) is 0.393. The van der Waals surface area contributed by atoms with Crippen LogP contribution in [0, 0.1) is 0 Å². The molecule has 5 atom stereocenters. The van der Waals surface area contributed by atoms with Crippen molar-refractivity contribution in [2.24, 2.45) is 0 Å². The summed E-state index contributed by atoms with van der Waals surface area (Å²) in [5, 5.41) is 50.2. The van der Waals surface area contributed by atoms with Crippen molar-refractivity contribution in [1.29, 1.82) is 0 Å². The van der Waals surface area contributed by atoms with Crippen molar-refractivity contribution in [1.82, 2.24) is 0 Å². The standard InChI is InChI=1S/C22H22O10/c1-9-19(26)20(27)21(28)22(30-9)32-15-4-3-10(5-12(15)23)16-8-14(25)18-13(24)6-11(29-2)7-17(18)31-16/h3-9,19-24,26-28H,1-2H3/t9?,19-,20?,21-,22-/m0/s1. The van der Waals surface area contributed by atoms with Gasteiger partial charge in [0.25, 0.3) is 0 Å². The topological polar surface area (TPSA) is 159 Å². The van der Waals surface area contributed by atoms with Crippen molar-refractivity contribution in [2.45, 2.75) is 37.6 Å². The number of phenols is 2. The van der Waals surface area contributed by atoms with E-state index in [1.165, 1.54) is 50.4 Å². The average Bonchev–Trinajstić information content (AvgIpc) is 2.76. The van der Waals surface area contributed by atoms with Crippen LogP contribution in [-0.4, -0.2) is 63.3 Å². The molecule has 0 amide bonds. The van der Waals surface area contributed by atoms with Crippen molar-refractivity contribution < 1.29 is 44.2 Å². The molecular weight excluding hydrogens is 424 g/mol. The molecule has 1 fully saturated rings. The van der Waals surface area contributed by atoms with E-state index in [4.69, 9.17) is 18.6 Å². The number of hydrogen-bond acceptors (Lipinski definition) is 10. The zero-order valence-electron chi connectivity index (χ0n) is 17.1. The summed E-state index contributed by atoms with van der Waals surface area (Å²) in [7, 11) is 1.41. The summed E-state index contributed by atoms with van der Waals surface area (Å²) in [6, 6.07) is 8.09. The van der Waals surface area contributed by atoms with E-state index >= 15 is 0 Å². The molecule has 0 radical (unpaired) electrons. The fourth-order valence-corrected chi connectivity index (χ4v) is 3.51. The van der Waals surface area contributed by atoms with Crippen LogP contribution in [0.15, 0.2) is 45.6 Å². The number of rotatable bonds is 4. The second-order valence-corrected chi connectivity index (χ2v) is 7.48. The second kappa shape index (κ2) is 8.32. The third-order valence-corrected chi connectivity index (χ3v) is 5.31. The fraction of sp³-hybridized carbons (Fsp3) is 0.318. The van der Waals surface area contributed by atoms with Crippen LogP contribution in [-0.2, 0) is 4.74 Å². The van der Waals surface area contributed by atoms with Gasteiger partial charge in [-0.15, -0.1) is 0 Å². The summed E-state index contributed by atoms with van der Waals surface area (Å²) in [5.41, 5.74) is -0.0454. The van der Waals surface area contributed by atoms with E-state index in [0.717, 1.165) is 0 Å². The predicted octanol–water partition coefficient (Wildman–Crippen LogP) is 1.09. The van der Waals surface area contributed by atoms with Crippen LogP contribution >= 0.6 is 0 Å². The number of aromatic hydroxyl groups is 2. The molecule has 10 nitrogen and oxygen atoms in total. The first-order valence-corrected chi connectivity index (χ1v) is 9.74. The molecule has 0 saturated carbocycles. The highest BCUT2D eigenvalue weighted by Gasteiger charge is 2.43. The number of ether oxygens (including phenoxy) is 3. The van der Waals surface area contributed by atoms with Gasteiger partial charge in [-0.2, -0.15) is 0 Å². The molecule has 0 bridgehead atoms. The van der Waals surface area contributed by atoms with Crippen LogP contribution in [0.1, 0.15) is 6.92 Å². The summed E-state index contributed by atoms with van der Waals surface area (Å²) < 4.78 is 21.7. The van der Waals surface area contributed by atoms with Crippen molar-refractivity contribution >= 4 is 11.0 Å². The summed E-state index contributed by atoms with van der Waals surface area (Å²) in [4.78, 5) is 12.5. The van der Waals surface area contributed by atoms with Crippen molar-refractivity contribution in [2.75, 3.05) is 7.11 Å². The lowest BCUT2D eigenvalue weighted by molar-refractivity contribution is -0.268. The Morgan fingerprint density at radius 1 is 0.938 bits per heavy atom. The van der Waals surface area contributed by atoms with Gasteiger partial charge < -0.3 is 44.2 Å². The highest BCUT2D eigenvalue weighted by Crippen LogP contribution is 2.36. The minimum Gasteiger partial charge on any atom is -0.507 e. The van der Waals surface area contributed by atoms with Gasteiger partial charge in [-0.3, -0.25) is 4.79 Å². The van der Waals surface area contributed by atoms with E-state index in [-0.39, 0.29) is 34.0 Å². The fourth-order valence-electron chi connectivity index (χ4n) is 3.51. The highest BCUT2D eigenvalue weighted by atomic mass is 16.7. The Bertz CT molecular complexity index is 1200. The van der Waals surface area contributed by atoms with Crippen LogP contribution in [0.5, 0.6) is 23.0 Å². The summed E-state index contributed by atoms with van der Waals surface area (Å²) in [6.07, 6.45) is -6.43. The molecule has 0 spiro atoms. The van der Waals surface area contributed by atoms with Crippen molar-refractivity contribution in [3.8, 4) is 34.3 Å². The Labute approximate surface area is 181 Å². The summed E-state index contributed by atoms with van der Waals surface area (Å²) in [6.45, 7) is 1.51. The van der Waals surface area contributed by atoms with Gasteiger partial charge in [-0.25, -0.2) is 0 Å². The summed E-state index contributed by atoms with van der Waals surface area (Å²) >= 11 is 0. The lowest BCUT2D eigenvalue weighted by atomic mass is 10.00. The van der Waals surface area contributed by atoms with Crippen LogP contribution in [0.25, 0.3) is 22.3 Å². The van der Waals surface area contributed by atoms with Gasteiger partial charge in [0.2, 0.25) is 6.29 Å². The first kappa shape index (κ1) is 21.9. The second-order valence-electron chi connectivity index (χ2n) is 7.48. The van der Waals surface area contributed by atoms with E-state index in [1.54, 1.807) is 0 Å². The monoisotopic (exact) mass is 446 g/mol. The lowest BCUT2D eigenvalue weighted by Gasteiger charge is -2.38. The average molecular weight is 446 g/mol. The molecule has 4 rings (SSSR count). The Kier molecular flexibility index (Phi) is 5.70. The minimum absolute atomic E-state index is 0.00275. The maximum Gasteiger partial charge on any atom is 0.229 e. The molecule has 0 aliphatic carbocycles. The Morgan fingerprint density at radius 3 is 2.38 bits per heavy atom. The predicted molar refractivity (Wildman–Crippen MR) is 111 cm³/mol. The first-order valence-electron chi connectivity index (χ1n) is 9.74. The van der Waals surface area contributed by atoms with Crippen molar-refractivity contribution in [3.63, 3.8) is 0 Å². The van der Waals surface area contributed by atoms with Gasteiger partial charge in [0.1, 0.15) is 46.5 Å². The maximum atomic E-state index is 12.5. The van der Waals surface area contributed by atoms with Crippen molar-refractivity contribution in [3.05, 3.63) is 46.6 Å². The van der Waals surface area contributed by atoms with E-state index in [1.807, 2.05) is 0 Å². The molecule has 32 heavy (non-hydrogen) atoms. The van der Waals surface area contributed by atoms with E-state index < -0.39 is 36.1 Å². The normalized spacial score (nSPS) is 25.6. The maximum absolute atomic E-state index is 12.5. The van der Waals surface area contributed by atoms with Crippen LogP contribution in [0.2, 0.25) is 0 Å². The minimum atomic E-state index is -1.54. The number of phenolic OH excluding ortho intramolecular Hbond substituents is 2. The Hall–Kier alpha value is -3.31. The van der Waals surface area contributed by atoms with Crippen LogP contribution < -0.4 is 14.9 Å². The zero-order chi connectivity index (χ0) is 23.2. The molecule has 1 aliphatic rings. The smallest absolute Gasteiger partial charge is 0.229 e. The molecule has 2 heterocycles. The van der Waals surface area contributed by atoms with E-state index in [9.17, 15) is 30.3 Å². The van der Waals surface area contributed by atoms with E-state index in [0.29, 0.717) is 11.3 Å². The number of aliphatic hydroxyl groups excluding tert-OH is 3. The highest BCUT2D eigenvalue weighted by molar-refractivity contribution is 5.86. The van der Waals surface area contributed by atoms with Gasteiger partial charge in [0.15, 0.2) is 16.9 Å². The number of hydrogen-bond donors (Lipinski definition) is 5. The van der Waals surface area contributed by atoms with Gasteiger partial charge >= 0.3 is 0 Å². The molecule has 1 aliphatic heterocycles. The van der Waals surface area contributed by atoms with Crippen LogP contribution in [0.4, 0.5) is 0 Å². The molecule has 170 valence electrons. The van der Waals surface area contributed by atoms with Gasteiger partial charge in [0, 0.05) is 23.8 Å². The van der Waals surface area contributed by atoms with Crippen LogP contribution in [0.3, 0.4) is 0 Å².